The number of carbonyl (C=O) groups is 1. The van der Waals surface area contributed by atoms with Crippen molar-refractivity contribution in [2.24, 2.45) is 0 Å². The molecule has 0 bridgehead atoms. The minimum atomic E-state index is -0.0640. The van der Waals surface area contributed by atoms with Crippen molar-refractivity contribution in [3.05, 3.63) is 53.0 Å². The Balaban J connectivity index is 1.68. The van der Waals surface area contributed by atoms with Crippen molar-refractivity contribution in [2.75, 3.05) is 7.11 Å². The highest BCUT2D eigenvalue weighted by atomic mass is 16.5. The number of ketones is 1. The van der Waals surface area contributed by atoms with Gasteiger partial charge in [-0.25, -0.2) is 0 Å². The number of aromatic nitrogens is 3. The maximum absolute atomic E-state index is 11.8. The van der Waals surface area contributed by atoms with Crippen LogP contribution in [0.25, 0.3) is 11.3 Å². The first-order valence-corrected chi connectivity index (χ1v) is 8.27. The molecule has 25 heavy (non-hydrogen) atoms. The maximum Gasteiger partial charge on any atom is 0.181 e. The van der Waals surface area contributed by atoms with Crippen LogP contribution in [0.2, 0.25) is 0 Å². The summed E-state index contributed by atoms with van der Waals surface area (Å²) >= 11 is 0. The molecule has 2 heterocycles. The van der Waals surface area contributed by atoms with Crippen LogP contribution in [0.4, 0.5) is 0 Å². The SMILES string of the molecule is COc1ccc(Cn2cc3c(n2)C[C@H](C)c2c(C(C)=O)noc2-3)cc1. The normalized spacial score (nSPS) is 15.6. The fourth-order valence-electron chi connectivity index (χ4n) is 3.40. The molecule has 0 saturated heterocycles. The molecule has 0 radical (unpaired) electrons. The topological polar surface area (TPSA) is 70.2 Å². The number of Topliss-reactive ketones (excluding diaryl/α,β-unsaturated/α-hetero) is 1. The zero-order chi connectivity index (χ0) is 17.6. The molecular formula is C19H19N3O3. The van der Waals surface area contributed by atoms with E-state index in [1.54, 1.807) is 7.11 Å². The fraction of sp³-hybridized carbons (Fsp3) is 0.316. The second-order valence-corrected chi connectivity index (χ2v) is 6.47. The van der Waals surface area contributed by atoms with E-state index in [2.05, 4.69) is 12.1 Å². The van der Waals surface area contributed by atoms with Crippen molar-refractivity contribution in [1.29, 1.82) is 0 Å². The van der Waals surface area contributed by atoms with Crippen molar-refractivity contribution in [1.82, 2.24) is 14.9 Å². The van der Waals surface area contributed by atoms with Gasteiger partial charge < -0.3 is 9.26 Å². The zero-order valence-corrected chi connectivity index (χ0v) is 14.4. The highest BCUT2D eigenvalue weighted by molar-refractivity contribution is 5.95. The Morgan fingerprint density at radius 3 is 2.80 bits per heavy atom. The predicted octanol–water partition coefficient (Wildman–Crippen LogP) is 3.46. The van der Waals surface area contributed by atoms with E-state index in [1.165, 1.54) is 6.92 Å². The van der Waals surface area contributed by atoms with Gasteiger partial charge in [0.1, 0.15) is 5.75 Å². The van der Waals surface area contributed by atoms with E-state index in [0.29, 0.717) is 18.0 Å². The van der Waals surface area contributed by atoms with Gasteiger partial charge in [0.15, 0.2) is 17.2 Å². The predicted molar refractivity (Wildman–Crippen MR) is 91.9 cm³/mol. The number of hydrogen-bond donors (Lipinski definition) is 0. The second-order valence-electron chi connectivity index (χ2n) is 6.47. The molecule has 0 unspecified atom stereocenters. The highest BCUT2D eigenvalue weighted by Gasteiger charge is 2.32. The second kappa shape index (κ2) is 5.88. The van der Waals surface area contributed by atoms with Crippen LogP contribution < -0.4 is 4.74 Å². The van der Waals surface area contributed by atoms with Gasteiger partial charge in [0.2, 0.25) is 0 Å². The lowest BCUT2D eigenvalue weighted by molar-refractivity contribution is 0.100. The van der Waals surface area contributed by atoms with Crippen LogP contribution >= 0.6 is 0 Å². The molecule has 3 aromatic rings. The van der Waals surface area contributed by atoms with Gasteiger partial charge in [-0.1, -0.05) is 24.2 Å². The summed E-state index contributed by atoms with van der Waals surface area (Å²) in [7, 11) is 1.65. The van der Waals surface area contributed by atoms with Gasteiger partial charge in [0.25, 0.3) is 0 Å². The first kappa shape index (κ1) is 15.6. The monoisotopic (exact) mass is 337 g/mol. The van der Waals surface area contributed by atoms with Crippen molar-refractivity contribution in [3.63, 3.8) is 0 Å². The fourth-order valence-corrected chi connectivity index (χ4v) is 3.40. The molecule has 4 rings (SSSR count). The minimum Gasteiger partial charge on any atom is -0.497 e. The standard InChI is InChI=1S/C19H19N3O3/c1-11-8-16-15(19-17(11)18(12(2)23)21-25-19)10-22(20-16)9-13-4-6-14(24-3)7-5-13/h4-7,10-11H,8-9H2,1-3H3/t11-/m0/s1. The average Bonchev–Trinajstić information content (AvgIpc) is 3.19. The third kappa shape index (κ3) is 2.63. The molecule has 1 aliphatic carbocycles. The maximum atomic E-state index is 11.8. The Morgan fingerprint density at radius 2 is 2.12 bits per heavy atom. The minimum absolute atomic E-state index is 0.0640. The smallest absolute Gasteiger partial charge is 0.181 e. The first-order valence-electron chi connectivity index (χ1n) is 8.27. The van der Waals surface area contributed by atoms with Crippen LogP contribution in [-0.2, 0) is 13.0 Å². The summed E-state index contributed by atoms with van der Waals surface area (Å²) in [6.45, 7) is 4.26. The van der Waals surface area contributed by atoms with Crippen molar-refractivity contribution in [3.8, 4) is 17.1 Å². The Bertz CT molecular complexity index is 937. The number of fused-ring (bicyclic) bond motifs is 3. The summed E-state index contributed by atoms with van der Waals surface area (Å²) in [6.07, 6.45) is 2.75. The third-order valence-electron chi connectivity index (χ3n) is 4.64. The molecule has 1 aromatic carbocycles. The molecule has 0 saturated carbocycles. The third-order valence-corrected chi connectivity index (χ3v) is 4.64. The van der Waals surface area contributed by atoms with Crippen LogP contribution in [-0.4, -0.2) is 27.8 Å². The van der Waals surface area contributed by atoms with Crippen molar-refractivity contribution >= 4 is 5.78 Å². The Kier molecular flexibility index (Phi) is 3.67. The van der Waals surface area contributed by atoms with Crippen LogP contribution in [0, 0.1) is 0 Å². The van der Waals surface area contributed by atoms with E-state index in [-0.39, 0.29) is 11.7 Å². The summed E-state index contributed by atoms with van der Waals surface area (Å²) in [6, 6.07) is 7.93. The van der Waals surface area contributed by atoms with E-state index in [4.69, 9.17) is 14.4 Å². The molecule has 6 heteroatoms. The van der Waals surface area contributed by atoms with E-state index in [0.717, 1.165) is 34.6 Å². The molecule has 1 aliphatic rings. The van der Waals surface area contributed by atoms with Gasteiger partial charge in [-0.15, -0.1) is 0 Å². The number of nitrogens with zero attached hydrogens (tertiary/aromatic N) is 3. The van der Waals surface area contributed by atoms with Gasteiger partial charge in [0.05, 0.1) is 24.9 Å². The van der Waals surface area contributed by atoms with Crippen LogP contribution in [0.1, 0.15) is 47.1 Å². The molecule has 0 aliphatic heterocycles. The molecule has 6 nitrogen and oxygen atoms in total. The molecule has 0 spiro atoms. The highest BCUT2D eigenvalue weighted by Crippen LogP contribution is 2.41. The summed E-state index contributed by atoms with van der Waals surface area (Å²) in [4.78, 5) is 11.8. The summed E-state index contributed by atoms with van der Waals surface area (Å²) in [5.74, 6) is 1.61. The van der Waals surface area contributed by atoms with Gasteiger partial charge in [-0.3, -0.25) is 9.48 Å². The van der Waals surface area contributed by atoms with E-state index in [1.807, 2.05) is 35.1 Å². The molecule has 0 fully saturated rings. The lowest BCUT2D eigenvalue weighted by Crippen LogP contribution is -2.10. The number of hydrogen-bond acceptors (Lipinski definition) is 5. The molecule has 128 valence electrons. The van der Waals surface area contributed by atoms with Crippen LogP contribution in [0.3, 0.4) is 0 Å². The first-order chi connectivity index (χ1) is 12.1. The van der Waals surface area contributed by atoms with Gasteiger partial charge in [0, 0.05) is 18.7 Å². The average molecular weight is 337 g/mol. The lowest BCUT2D eigenvalue weighted by atomic mass is 9.85. The number of ether oxygens (including phenoxy) is 1. The number of methoxy groups -OCH3 is 1. The van der Waals surface area contributed by atoms with Crippen LogP contribution in [0.15, 0.2) is 35.0 Å². The molecule has 0 N–H and O–H groups in total. The lowest BCUT2D eigenvalue weighted by Gasteiger charge is -2.16. The Morgan fingerprint density at radius 1 is 1.36 bits per heavy atom. The van der Waals surface area contributed by atoms with E-state index >= 15 is 0 Å². The van der Waals surface area contributed by atoms with Gasteiger partial charge >= 0.3 is 0 Å². The molecule has 0 amide bonds. The Labute approximate surface area is 145 Å². The van der Waals surface area contributed by atoms with Crippen molar-refractivity contribution in [2.45, 2.75) is 32.7 Å². The molecular weight excluding hydrogens is 318 g/mol. The van der Waals surface area contributed by atoms with Crippen molar-refractivity contribution < 1.29 is 14.1 Å². The van der Waals surface area contributed by atoms with E-state index < -0.39 is 0 Å². The summed E-state index contributed by atoms with van der Waals surface area (Å²) < 4.78 is 12.6. The molecule has 1 atom stereocenters. The summed E-state index contributed by atoms with van der Waals surface area (Å²) in [5, 5.41) is 8.69. The number of benzene rings is 1. The van der Waals surface area contributed by atoms with E-state index in [9.17, 15) is 4.79 Å². The zero-order valence-electron chi connectivity index (χ0n) is 14.4. The largest absolute Gasteiger partial charge is 0.497 e. The quantitative estimate of drug-likeness (QED) is 0.682. The molecule has 2 aromatic heterocycles. The van der Waals surface area contributed by atoms with Gasteiger partial charge in [-0.2, -0.15) is 5.10 Å². The van der Waals surface area contributed by atoms with Crippen LogP contribution in [0.5, 0.6) is 5.75 Å². The number of carbonyl (C=O) groups excluding carboxylic acids is 1. The number of rotatable bonds is 4. The Hall–Kier alpha value is -2.89. The van der Waals surface area contributed by atoms with Gasteiger partial charge in [-0.05, 0) is 30.0 Å². The summed E-state index contributed by atoms with van der Waals surface area (Å²) in [5.41, 5.74) is 4.40.